The molecule has 17 heavy (non-hydrogen) atoms. The Bertz CT molecular complexity index is 558. The Morgan fingerprint density at radius 1 is 1.06 bits per heavy atom. The first kappa shape index (κ1) is 11.1. The van der Waals surface area contributed by atoms with Gasteiger partial charge in [0.25, 0.3) is 0 Å². The molecular formula is C15H13NO. The maximum absolute atomic E-state index is 11.5. The molecule has 0 radical (unpaired) electrons. The van der Waals surface area contributed by atoms with E-state index in [1.807, 2.05) is 42.5 Å². The van der Waals surface area contributed by atoms with Gasteiger partial charge in [-0.2, -0.15) is 0 Å². The predicted molar refractivity (Wildman–Crippen MR) is 70.5 cm³/mol. The molecule has 0 spiro atoms. The molecule has 84 valence electrons. The van der Waals surface area contributed by atoms with Gasteiger partial charge in [-0.3, -0.25) is 4.79 Å². The van der Waals surface area contributed by atoms with Crippen LogP contribution in [0.2, 0.25) is 0 Å². The number of primary amides is 1. The molecule has 0 atom stereocenters. The second-order valence-electron chi connectivity index (χ2n) is 3.70. The van der Waals surface area contributed by atoms with Crippen molar-refractivity contribution in [3.63, 3.8) is 0 Å². The van der Waals surface area contributed by atoms with Crippen molar-refractivity contribution in [3.05, 3.63) is 66.2 Å². The van der Waals surface area contributed by atoms with Crippen LogP contribution in [0.25, 0.3) is 17.2 Å². The molecule has 0 aliphatic heterocycles. The monoisotopic (exact) mass is 223 g/mol. The number of rotatable bonds is 3. The number of benzene rings is 2. The lowest BCUT2D eigenvalue weighted by Crippen LogP contribution is -2.12. The highest BCUT2D eigenvalue weighted by molar-refractivity contribution is 6.01. The van der Waals surface area contributed by atoms with Crippen LogP contribution in [-0.2, 0) is 0 Å². The fourth-order valence-electron chi connectivity index (χ4n) is 1.87. The highest BCUT2D eigenvalue weighted by Gasteiger charge is 2.12. The van der Waals surface area contributed by atoms with E-state index in [4.69, 9.17) is 5.73 Å². The number of hydrogen-bond acceptors (Lipinski definition) is 1. The van der Waals surface area contributed by atoms with Crippen molar-refractivity contribution in [3.8, 4) is 11.1 Å². The molecule has 1 amide bonds. The van der Waals surface area contributed by atoms with Gasteiger partial charge >= 0.3 is 0 Å². The van der Waals surface area contributed by atoms with E-state index in [0.717, 1.165) is 16.7 Å². The molecular weight excluding hydrogens is 210 g/mol. The summed E-state index contributed by atoms with van der Waals surface area (Å²) < 4.78 is 0. The van der Waals surface area contributed by atoms with Crippen LogP contribution in [-0.4, -0.2) is 5.91 Å². The number of hydrogen-bond donors (Lipinski definition) is 1. The molecule has 2 rings (SSSR count). The maximum atomic E-state index is 11.5. The van der Waals surface area contributed by atoms with Crippen LogP contribution in [0.1, 0.15) is 15.9 Å². The summed E-state index contributed by atoms with van der Waals surface area (Å²) in [5.41, 5.74) is 8.65. The normalized spacial score (nSPS) is 9.88. The van der Waals surface area contributed by atoms with Crippen LogP contribution < -0.4 is 5.73 Å². The Labute approximate surface area is 100 Å². The molecule has 0 fully saturated rings. The Balaban J connectivity index is 2.73. The first-order valence-corrected chi connectivity index (χ1v) is 5.34. The van der Waals surface area contributed by atoms with Gasteiger partial charge in [0.1, 0.15) is 0 Å². The second-order valence-corrected chi connectivity index (χ2v) is 3.70. The van der Waals surface area contributed by atoms with Crippen molar-refractivity contribution in [1.29, 1.82) is 0 Å². The molecule has 0 aliphatic carbocycles. The number of carbonyl (C=O) groups is 1. The Morgan fingerprint density at radius 2 is 1.76 bits per heavy atom. The summed E-state index contributed by atoms with van der Waals surface area (Å²) in [5, 5.41) is 0. The van der Waals surface area contributed by atoms with Gasteiger partial charge in [0.2, 0.25) is 5.91 Å². The Kier molecular flexibility index (Phi) is 3.06. The van der Waals surface area contributed by atoms with Crippen molar-refractivity contribution >= 4 is 12.0 Å². The van der Waals surface area contributed by atoms with Gasteiger partial charge in [0, 0.05) is 11.1 Å². The lowest BCUT2D eigenvalue weighted by atomic mass is 9.94. The quantitative estimate of drug-likeness (QED) is 0.853. The van der Waals surface area contributed by atoms with Gasteiger partial charge in [-0.05, 0) is 17.2 Å². The molecule has 2 nitrogen and oxygen atoms in total. The smallest absolute Gasteiger partial charge is 0.249 e. The molecule has 2 aromatic rings. The van der Waals surface area contributed by atoms with E-state index in [9.17, 15) is 4.79 Å². The highest BCUT2D eigenvalue weighted by atomic mass is 16.1. The zero-order valence-corrected chi connectivity index (χ0v) is 9.39. The summed E-state index contributed by atoms with van der Waals surface area (Å²) in [7, 11) is 0. The molecule has 0 heterocycles. The summed E-state index contributed by atoms with van der Waals surface area (Å²) in [6.45, 7) is 3.77. The van der Waals surface area contributed by atoms with E-state index in [0.29, 0.717) is 5.56 Å². The Hall–Kier alpha value is -2.35. The SMILES string of the molecule is C=Cc1cccc(C(N)=O)c1-c1ccccc1. The highest BCUT2D eigenvalue weighted by Crippen LogP contribution is 2.28. The average molecular weight is 223 g/mol. The standard InChI is InChI=1S/C15H13NO/c1-2-11-9-6-10-13(15(16)17)14(11)12-7-4-3-5-8-12/h2-10H,1H2,(H2,16,17). The summed E-state index contributed by atoms with van der Waals surface area (Å²) in [6.07, 6.45) is 1.73. The van der Waals surface area contributed by atoms with Crippen LogP contribution in [0.5, 0.6) is 0 Å². The maximum Gasteiger partial charge on any atom is 0.249 e. The number of amides is 1. The largest absolute Gasteiger partial charge is 0.366 e. The fourth-order valence-corrected chi connectivity index (χ4v) is 1.87. The van der Waals surface area contributed by atoms with Crippen molar-refractivity contribution in [1.82, 2.24) is 0 Å². The zero-order valence-electron chi connectivity index (χ0n) is 9.39. The van der Waals surface area contributed by atoms with Gasteiger partial charge in [-0.15, -0.1) is 0 Å². The molecule has 2 aromatic carbocycles. The van der Waals surface area contributed by atoms with Crippen LogP contribution in [0, 0.1) is 0 Å². The van der Waals surface area contributed by atoms with Crippen molar-refractivity contribution < 1.29 is 4.79 Å². The van der Waals surface area contributed by atoms with Gasteiger partial charge in [-0.1, -0.05) is 55.1 Å². The molecule has 0 unspecified atom stereocenters. The van der Waals surface area contributed by atoms with Crippen molar-refractivity contribution in [2.75, 3.05) is 0 Å². The lowest BCUT2D eigenvalue weighted by molar-refractivity contribution is 0.100. The predicted octanol–water partition coefficient (Wildman–Crippen LogP) is 3.10. The molecule has 0 aliphatic rings. The minimum Gasteiger partial charge on any atom is -0.366 e. The summed E-state index contributed by atoms with van der Waals surface area (Å²) in [5.74, 6) is -0.424. The average Bonchev–Trinajstić information content (AvgIpc) is 2.38. The summed E-state index contributed by atoms with van der Waals surface area (Å²) >= 11 is 0. The van der Waals surface area contributed by atoms with Crippen LogP contribution in [0.15, 0.2) is 55.1 Å². The molecule has 2 heteroatoms. The Morgan fingerprint density at radius 3 is 2.35 bits per heavy atom. The summed E-state index contributed by atoms with van der Waals surface area (Å²) in [6, 6.07) is 15.2. The van der Waals surface area contributed by atoms with Crippen molar-refractivity contribution in [2.45, 2.75) is 0 Å². The topological polar surface area (TPSA) is 43.1 Å². The van der Waals surface area contributed by atoms with E-state index < -0.39 is 5.91 Å². The van der Waals surface area contributed by atoms with E-state index in [1.54, 1.807) is 12.1 Å². The van der Waals surface area contributed by atoms with Crippen LogP contribution >= 0.6 is 0 Å². The van der Waals surface area contributed by atoms with Crippen LogP contribution in [0.3, 0.4) is 0 Å². The molecule has 0 saturated carbocycles. The van der Waals surface area contributed by atoms with Gasteiger partial charge < -0.3 is 5.73 Å². The van der Waals surface area contributed by atoms with E-state index in [-0.39, 0.29) is 0 Å². The molecule has 0 aromatic heterocycles. The lowest BCUT2D eigenvalue weighted by Gasteiger charge is -2.10. The molecule has 2 N–H and O–H groups in total. The van der Waals surface area contributed by atoms with Crippen LogP contribution in [0.4, 0.5) is 0 Å². The van der Waals surface area contributed by atoms with Gasteiger partial charge in [0.05, 0.1) is 0 Å². The van der Waals surface area contributed by atoms with Gasteiger partial charge in [-0.25, -0.2) is 0 Å². The van der Waals surface area contributed by atoms with E-state index in [2.05, 4.69) is 6.58 Å². The third-order valence-electron chi connectivity index (χ3n) is 2.64. The van der Waals surface area contributed by atoms with Gasteiger partial charge in [0.15, 0.2) is 0 Å². The minimum absolute atomic E-state index is 0.424. The molecule has 0 saturated heterocycles. The molecule has 0 bridgehead atoms. The first-order valence-electron chi connectivity index (χ1n) is 5.34. The van der Waals surface area contributed by atoms with E-state index >= 15 is 0 Å². The van der Waals surface area contributed by atoms with Crippen molar-refractivity contribution in [2.24, 2.45) is 5.73 Å². The fraction of sp³-hybridized carbons (Fsp3) is 0. The first-order chi connectivity index (χ1) is 8.24. The third kappa shape index (κ3) is 2.11. The zero-order chi connectivity index (χ0) is 12.3. The second kappa shape index (κ2) is 4.66. The van der Waals surface area contributed by atoms with E-state index in [1.165, 1.54) is 0 Å². The summed E-state index contributed by atoms with van der Waals surface area (Å²) in [4.78, 5) is 11.5. The number of carbonyl (C=O) groups excluding carboxylic acids is 1. The minimum atomic E-state index is -0.424. The third-order valence-corrected chi connectivity index (χ3v) is 2.64. The number of nitrogens with two attached hydrogens (primary N) is 1.